The third-order valence-corrected chi connectivity index (χ3v) is 3.36. The minimum Gasteiger partial charge on any atom is -0.361 e. The van der Waals surface area contributed by atoms with Crippen molar-refractivity contribution in [1.82, 2.24) is 14.9 Å². The Morgan fingerprint density at radius 2 is 1.91 bits per heavy atom. The van der Waals surface area contributed by atoms with Crippen molar-refractivity contribution in [3.8, 4) is 0 Å². The Bertz CT molecular complexity index is 671. The highest BCUT2D eigenvalue weighted by molar-refractivity contribution is 5.77. The minimum atomic E-state index is -4.35. The zero-order chi connectivity index (χ0) is 17.3. The molecule has 0 saturated heterocycles. The molecule has 1 aromatic heterocycles. The molecule has 0 saturated carbocycles. The molecule has 0 radical (unpaired) electrons. The second-order valence-electron chi connectivity index (χ2n) is 6.30. The van der Waals surface area contributed by atoms with Gasteiger partial charge in [-0.05, 0) is 45.9 Å². The van der Waals surface area contributed by atoms with E-state index in [0.717, 1.165) is 12.1 Å². The number of imidazole rings is 1. The van der Waals surface area contributed by atoms with E-state index in [9.17, 15) is 13.2 Å². The van der Waals surface area contributed by atoms with Gasteiger partial charge in [0.1, 0.15) is 5.82 Å². The first kappa shape index (κ1) is 17.7. The van der Waals surface area contributed by atoms with Crippen molar-refractivity contribution in [2.45, 2.75) is 52.6 Å². The molecule has 23 heavy (non-hydrogen) atoms. The van der Waals surface area contributed by atoms with Crippen LogP contribution >= 0.6 is 0 Å². The van der Waals surface area contributed by atoms with Crippen molar-refractivity contribution in [2.75, 3.05) is 6.73 Å². The molecule has 4 nitrogen and oxygen atoms in total. The number of aryl methyl sites for hydroxylation is 1. The van der Waals surface area contributed by atoms with E-state index in [0.29, 0.717) is 36.7 Å². The SMILES string of the molecule is CCn1c(CNCOC(C)(C)C)nc2ccc(C(F)(F)F)cc21. The third-order valence-electron chi connectivity index (χ3n) is 3.36. The van der Waals surface area contributed by atoms with E-state index in [1.54, 1.807) is 4.57 Å². The first-order valence-electron chi connectivity index (χ1n) is 7.53. The Morgan fingerprint density at radius 3 is 2.48 bits per heavy atom. The van der Waals surface area contributed by atoms with Gasteiger partial charge in [-0.15, -0.1) is 0 Å². The predicted octanol–water partition coefficient (Wildman–Crippen LogP) is 3.94. The number of fused-ring (bicyclic) bond motifs is 1. The highest BCUT2D eigenvalue weighted by atomic mass is 19.4. The highest BCUT2D eigenvalue weighted by Gasteiger charge is 2.31. The van der Waals surface area contributed by atoms with Crippen LogP contribution in [-0.4, -0.2) is 21.9 Å². The van der Waals surface area contributed by atoms with E-state index < -0.39 is 11.7 Å². The summed E-state index contributed by atoms with van der Waals surface area (Å²) >= 11 is 0. The van der Waals surface area contributed by atoms with Crippen LogP contribution in [0.25, 0.3) is 11.0 Å². The average Bonchev–Trinajstić information content (AvgIpc) is 2.78. The molecule has 2 rings (SSSR count). The number of hydrogen-bond acceptors (Lipinski definition) is 3. The molecule has 0 spiro atoms. The van der Waals surface area contributed by atoms with Crippen LogP contribution in [0.2, 0.25) is 0 Å². The van der Waals surface area contributed by atoms with Gasteiger partial charge < -0.3 is 9.30 Å². The second kappa shape index (κ2) is 6.49. The van der Waals surface area contributed by atoms with Gasteiger partial charge in [-0.2, -0.15) is 13.2 Å². The molecule has 128 valence electrons. The van der Waals surface area contributed by atoms with Gasteiger partial charge in [0.2, 0.25) is 0 Å². The quantitative estimate of drug-likeness (QED) is 0.667. The monoisotopic (exact) mass is 329 g/mol. The Balaban J connectivity index is 2.20. The van der Waals surface area contributed by atoms with Gasteiger partial charge in [0.15, 0.2) is 0 Å². The molecule has 0 amide bonds. The Labute approximate surface area is 133 Å². The summed E-state index contributed by atoms with van der Waals surface area (Å²) in [5.74, 6) is 0.694. The van der Waals surface area contributed by atoms with Gasteiger partial charge in [0.25, 0.3) is 0 Å². The van der Waals surface area contributed by atoms with Crippen LogP contribution in [0.4, 0.5) is 13.2 Å². The lowest BCUT2D eigenvalue weighted by molar-refractivity contribution is -0.137. The molecule has 0 aliphatic heterocycles. The molecular weight excluding hydrogens is 307 g/mol. The van der Waals surface area contributed by atoms with E-state index in [-0.39, 0.29) is 5.60 Å². The van der Waals surface area contributed by atoms with E-state index in [1.165, 1.54) is 6.07 Å². The lowest BCUT2D eigenvalue weighted by Gasteiger charge is -2.19. The van der Waals surface area contributed by atoms with Crippen LogP contribution in [-0.2, 0) is 24.0 Å². The summed E-state index contributed by atoms with van der Waals surface area (Å²) in [5.41, 5.74) is 0.152. The number of nitrogens with one attached hydrogen (secondary N) is 1. The number of rotatable bonds is 5. The van der Waals surface area contributed by atoms with Gasteiger partial charge in [-0.1, -0.05) is 0 Å². The number of alkyl halides is 3. The second-order valence-corrected chi connectivity index (χ2v) is 6.30. The van der Waals surface area contributed by atoms with Crippen molar-refractivity contribution < 1.29 is 17.9 Å². The van der Waals surface area contributed by atoms with E-state index in [4.69, 9.17) is 4.74 Å². The molecule has 1 aromatic carbocycles. The third kappa shape index (κ3) is 4.45. The van der Waals surface area contributed by atoms with Crippen molar-refractivity contribution >= 4 is 11.0 Å². The Morgan fingerprint density at radius 1 is 1.22 bits per heavy atom. The fourth-order valence-corrected chi connectivity index (χ4v) is 2.27. The molecule has 0 unspecified atom stereocenters. The maximum absolute atomic E-state index is 12.9. The van der Waals surface area contributed by atoms with Crippen LogP contribution in [0, 0.1) is 0 Å². The van der Waals surface area contributed by atoms with Crippen molar-refractivity contribution in [3.63, 3.8) is 0 Å². The number of aromatic nitrogens is 2. The van der Waals surface area contributed by atoms with Crippen molar-refractivity contribution in [1.29, 1.82) is 0 Å². The van der Waals surface area contributed by atoms with Crippen molar-refractivity contribution in [3.05, 3.63) is 29.6 Å². The molecule has 1 heterocycles. The van der Waals surface area contributed by atoms with Gasteiger partial charge in [-0.3, -0.25) is 5.32 Å². The average molecular weight is 329 g/mol. The van der Waals surface area contributed by atoms with Crippen LogP contribution < -0.4 is 5.32 Å². The smallest absolute Gasteiger partial charge is 0.361 e. The first-order chi connectivity index (χ1) is 10.6. The zero-order valence-corrected chi connectivity index (χ0v) is 13.8. The fourth-order valence-electron chi connectivity index (χ4n) is 2.27. The van der Waals surface area contributed by atoms with Crippen LogP contribution in [0.15, 0.2) is 18.2 Å². The molecule has 0 aliphatic rings. The molecule has 2 aromatic rings. The lowest BCUT2D eigenvalue weighted by atomic mass is 10.2. The number of ether oxygens (including phenoxy) is 1. The largest absolute Gasteiger partial charge is 0.416 e. The van der Waals surface area contributed by atoms with Crippen molar-refractivity contribution in [2.24, 2.45) is 0 Å². The van der Waals surface area contributed by atoms with E-state index >= 15 is 0 Å². The number of benzene rings is 1. The van der Waals surface area contributed by atoms with Gasteiger partial charge >= 0.3 is 6.18 Å². The minimum absolute atomic E-state index is 0.250. The molecule has 1 N–H and O–H groups in total. The number of halogens is 3. The molecular formula is C16H22F3N3O. The summed E-state index contributed by atoms with van der Waals surface area (Å²) in [5, 5.41) is 3.11. The Kier molecular flexibility index (Phi) is 5.01. The van der Waals surface area contributed by atoms with Gasteiger partial charge in [0, 0.05) is 6.54 Å². The topological polar surface area (TPSA) is 39.1 Å². The Hall–Kier alpha value is -1.60. The number of hydrogen-bond donors (Lipinski definition) is 1. The maximum atomic E-state index is 12.9. The molecule has 0 fully saturated rings. The maximum Gasteiger partial charge on any atom is 0.416 e. The summed E-state index contributed by atoms with van der Waals surface area (Å²) in [6, 6.07) is 3.63. The van der Waals surface area contributed by atoms with E-state index in [2.05, 4.69) is 10.3 Å². The fraction of sp³-hybridized carbons (Fsp3) is 0.562. The summed E-state index contributed by atoms with van der Waals surface area (Å²) in [4.78, 5) is 4.42. The molecule has 0 bridgehead atoms. The zero-order valence-electron chi connectivity index (χ0n) is 13.8. The summed E-state index contributed by atoms with van der Waals surface area (Å²) in [6.45, 7) is 9.08. The normalized spacial score (nSPS) is 13.0. The molecule has 0 aliphatic carbocycles. The van der Waals surface area contributed by atoms with Crippen LogP contribution in [0.3, 0.4) is 0 Å². The highest BCUT2D eigenvalue weighted by Crippen LogP contribution is 2.31. The summed E-state index contributed by atoms with van der Waals surface area (Å²) < 4.78 is 45.9. The predicted molar refractivity (Wildman–Crippen MR) is 83.0 cm³/mol. The lowest BCUT2D eigenvalue weighted by Crippen LogP contribution is -2.28. The summed E-state index contributed by atoms with van der Waals surface area (Å²) in [7, 11) is 0. The first-order valence-corrected chi connectivity index (χ1v) is 7.53. The number of nitrogens with zero attached hydrogens (tertiary/aromatic N) is 2. The van der Waals surface area contributed by atoms with Crippen LogP contribution in [0.1, 0.15) is 39.1 Å². The molecule has 7 heteroatoms. The standard InChI is InChI=1S/C16H22F3N3O/c1-5-22-13-8-11(16(17,18)19)6-7-12(13)21-14(22)9-20-10-23-15(2,3)4/h6-8,20H,5,9-10H2,1-4H3. The van der Waals surface area contributed by atoms with Gasteiger partial charge in [0.05, 0.1) is 35.5 Å². The molecule has 0 atom stereocenters. The van der Waals surface area contributed by atoms with Gasteiger partial charge in [-0.25, -0.2) is 4.98 Å². The van der Waals surface area contributed by atoms with Crippen LogP contribution in [0.5, 0.6) is 0 Å². The summed E-state index contributed by atoms with van der Waals surface area (Å²) in [6.07, 6.45) is -4.35. The van der Waals surface area contributed by atoms with E-state index in [1.807, 2.05) is 27.7 Å².